The molecule has 0 spiro atoms. The van der Waals surface area contributed by atoms with E-state index in [4.69, 9.17) is 0 Å². The first-order valence-corrected chi connectivity index (χ1v) is 5.94. The average Bonchev–Trinajstić information content (AvgIpc) is 2.14. The van der Waals surface area contributed by atoms with Gasteiger partial charge in [-0.3, -0.25) is 4.79 Å². The van der Waals surface area contributed by atoms with Gasteiger partial charge in [0.15, 0.2) is 0 Å². The molecule has 3 nitrogen and oxygen atoms in total. The summed E-state index contributed by atoms with van der Waals surface area (Å²) in [6.07, 6.45) is 0. The van der Waals surface area contributed by atoms with Gasteiger partial charge in [0.2, 0.25) is 5.91 Å². The van der Waals surface area contributed by atoms with Crippen molar-refractivity contribution in [1.29, 1.82) is 0 Å². The molecule has 0 bridgehead atoms. The number of hydrogen-bond acceptors (Lipinski definition) is 2. The molecular formula is C12H17BrN2O. The van der Waals surface area contributed by atoms with Crippen molar-refractivity contribution < 1.29 is 4.79 Å². The summed E-state index contributed by atoms with van der Waals surface area (Å²) in [5, 5.41) is 3.18. The predicted molar refractivity (Wildman–Crippen MR) is 70.7 cm³/mol. The Morgan fingerprint density at radius 3 is 2.50 bits per heavy atom. The summed E-state index contributed by atoms with van der Waals surface area (Å²) in [5.41, 5.74) is 2.11. The Kier molecular flexibility index (Phi) is 4.35. The Bertz CT molecular complexity index is 370. The fraction of sp³-hybridized carbons (Fsp3) is 0.417. The Balaban J connectivity index is 2.76. The summed E-state index contributed by atoms with van der Waals surface area (Å²) in [6, 6.07) is 5.80. The molecule has 0 aliphatic rings. The quantitative estimate of drug-likeness (QED) is 0.926. The molecular weight excluding hydrogens is 268 g/mol. The summed E-state index contributed by atoms with van der Waals surface area (Å²) in [7, 11) is 3.51. The lowest BCUT2D eigenvalue weighted by Gasteiger charge is -2.19. The summed E-state index contributed by atoms with van der Waals surface area (Å²) in [5.74, 6) is 0.0672. The van der Waals surface area contributed by atoms with Gasteiger partial charge in [0.05, 0.1) is 0 Å². The van der Waals surface area contributed by atoms with Crippen LogP contribution >= 0.6 is 15.9 Å². The minimum Gasteiger partial charge on any atom is -0.374 e. The van der Waals surface area contributed by atoms with Gasteiger partial charge < -0.3 is 10.2 Å². The van der Waals surface area contributed by atoms with Crippen LogP contribution in [0, 0.1) is 6.92 Å². The van der Waals surface area contributed by atoms with Crippen LogP contribution in [0.15, 0.2) is 22.7 Å². The van der Waals surface area contributed by atoms with E-state index in [2.05, 4.69) is 21.2 Å². The van der Waals surface area contributed by atoms with E-state index in [-0.39, 0.29) is 11.9 Å². The van der Waals surface area contributed by atoms with Crippen LogP contribution in [-0.2, 0) is 4.79 Å². The third-order valence-corrected chi connectivity index (χ3v) is 2.69. The lowest BCUT2D eigenvalue weighted by molar-refractivity contribution is -0.129. The molecule has 0 heterocycles. The van der Waals surface area contributed by atoms with Crippen molar-refractivity contribution in [2.45, 2.75) is 19.9 Å². The first-order chi connectivity index (χ1) is 7.40. The molecule has 1 aromatic rings. The zero-order valence-corrected chi connectivity index (χ0v) is 11.6. The molecule has 1 rings (SSSR count). The molecule has 0 aliphatic carbocycles. The number of aryl methyl sites for hydroxylation is 1. The maximum absolute atomic E-state index is 11.7. The number of carbonyl (C=O) groups excluding carboxylic acids is 1. The van der Waals surface area contributed by atoms with E-state index in [9.17, 15) is 4.79 Å². The van der Waals surface area contributed by atoms with E-state index in [1.807, 2.05) is 32.0 Å². The fourth-order valence-corrected chi connectivity index (χ4v) is 2.13. The highest BCUT2D eigenvalue weighted by atomic mass is 79.9. The standard InChI is InChI=1S/C12H17BrN2O/c1-8-5-10(13)7-11(6-8)14-9(2)12(16)15(3)4/h5-7,9,14H,1-4H3. The third kappa shape index (κ3) is 3.52. The minimum absolute atomic E-state index is 0.0672. The van der Waals surface area contributed by atoms with Crippen LogP contribution < -0.4 is 5.32 Å². The summed E-state index contributed by atoms with van der Waals surface area (Å²) >= 11 is 3.43. The van der Waals surface area contributed by atoms with E-state index in [0.29, 0.717) is 0 Å². The van der Waals surface area contributed by atoms with E-state index >= 15 is 0 Å². The van der Waals surface area contributed by atoms with Crippen LogP contribution in [0.5, 0.6) is 0 Å². The number of rotatable bonds is 3. The van der Waals surface area contributed by atoms with Gasteiger partial charge >= 0.3 is 0 Å². The van der Waals surface area contributed by atoms with Gasteiger partial charge in [0, 0.05) is 24.3 Å². The SMILES string of the molecule is Cc1cc(Br)cc(NC(C)C(=O)N(C)C)c1. The van der Waals surface area contributed by atoms with Crippen LogP contribution in [0.25, 0.3) is 0 Å². The van der Waals surface area contributed by atoms with Crippen LogP contribution in [-0.4, -0.2) is 30.9 Å². The van der Waals surface area contributed by atoms with Gasteiger partial charge in [-0.1, -0.05) is 15.9 Å². The van der Waals surface area contributed by atoms with E-state index in [1.165, 1.54) is 0 Å². The Morgan fingerprint density at radius 1 is 1.38 bits per heavy atom. The summed E-state index contributed by atoms with van der Waals surface area (Å²) in [4.78, 5) is 13.3. The van der Waals surface area contributed by atoms with Crippen molar-refractivity contribution in [1.82, 2.24) is 4.90 Å². The average molecular weight is 285 g/mol. The molecule has 1 atom stereocenters. The molecule has 1 aromatic carbocycles. The highest BCUT2D eigenvalue weighted by molar-refractivity contribution is 9.10. The predicted octanol–water partition coefficient (Wildman–Crippen LogP) is 2.65. The second-order valence-electron chi connectivity index (χ2n) is 4.12. The monoisotopic (exact) mass is 284 g/mol. The third-order valence-electron chi connectivity index (χ3n) is 2.24. The van der Waals surface area contributed by atoms with E-state index in [0.717, 1.165) is 15.7 Å². The lowest BCUT2D eigenvalue weighted by Crippen LogP contribution is -2.36. The van der Waals surface area contributed by atoms with Crippen molar-refractivity contribution >= 4 is 27.5 Å². The Morgan fingerprint density at radius 2 is 2.00 bits per heavy atom. The number of benzene rings is 1. The molecule has 0 saturated heterocycles. The van der Waals surface area contributed by atoms with Gasteiger partial charge in [-0.25, -0.2) is 0 Å². The van der Waals surface area contributed by atoms with E-state index in [1.54, 1.807) is 19.0 Å². The maximum atomic E-state index is 11.7. The van der Waals surface area contributed by atoms with Gasteiger partial charge in [-0.05, 0) is 37.6 Å². The number of halogens is 1. The highest BCUT2D eigenvalue weighted by Crippen LogP contribution is 2.19. The molecule has 0 aromatic heterocycles. The van der Waals surface area contributed by atoms with Crippen molar-refractivity contribution in [2.24, 2.45) is 0 Å². The number of anilines is 1. The number of hydrogen-bond donors (Lipinski definition) is 1. The number of likely N-dealkylation sites (N-methyl/N-ethyl adjacent to an activating group) is 1. The largest absolute Gasteiger partial charge is 0.374 e. The molecule has 0 radical (unpaired) electrons. The zero-order valence-electron chi connectivity index (χ0n) is 10.0. The van der Waals surface area contributed by atoms with Crippen molar-refractivity contribution in [3.63, 3.8) is 0 Å². The molecule has 0 saturated carbocycles. The maximum Gasteiger partial charge on any atom is 0.244 e. The lowest BCUT2D eigenvalue weighted by atomic mass is 10.2. The molecule has 1 N–H and O–H groups in total. The minimum atomic E-state index is -0.219. The van der Waals surface area contributed by atoms with Crippen LogP contribution in [0.1, 0.15) is 12.5 Å². The van der Waals surface area contributed by atoms with Crippen LogP contribution in [0.4, 0.5) is 5.69 Å². The summed E-state index contributed by atoms with van der Waals surface area (Å²) in [6.45, 7) is 3.88. The van der Waals surface area contributed by atoms with Crippen molar-refractivity contribution in [3.8, 4) is 0 Å². The highest BCUT2D eigenvalue weighted by Gasteiger charge is 2.14. The van der Waals surface area contributed by atoms with Crippen molar-refractivity contribution in [3.05, 3.63) is 28.2 Å². The molecule has 0 fully saturated rings. The summed E-state index contributed by atoms with van der Waals surface area (Å²) < 4.78 is 1.01. The normalized spacial score (nSPS) is 12.1. The Labute approximate surface area is 105 Å². The van der Waals surface area contributed by atoms with Gasteiger partial charge in [-0.15, -0.1) is 0 Å². The number of nitrogens with zero attached hydrogens (tertiary/aromatic N) is 1. The molecule has 88 valence electrons. The van der Waals surface area contributed by atoms with Crippen LogP contribution in [0.3, 0.4) is 0 Å². The molecule has 4 heteroatoms. The first-order valence-electron chi connectivity index (χ1n) is 5.15. The van der Waals surface area contributed by atoms with Gasteiger partial charge in [0.25, 0.3) is 0 Å². The number of carbonyl (C=O) groups is 1. The van der Waals surface area contributed by atoms with Crippen LogP contribution in [0.2, 0.25) is 0 Å². The van der Waals surface area contributed by atoms with Gasteiger partial charge in [-0.2, -0.15) is 0 Å². The second kappa shape index (κ2) is 5.34. The van der Waals surface area contributed by atoms with Crippen molar-refractivity contribution in [2.75, 3.05) is 19.4 Å². The molecule has 16 heavy (non-hydrogen) atoms. The zero-order chi connectivity index (χ0) is 12.3. The second-order valence-corrected chi connectivity index (χ2v) is 5.03. The Hall–Kier alpha value is -1.03. The van der Waals surface area contributed by atoms with E-state index < -0.39 is 0 Å². The first kappa shape index (κ1) is 13.0. The number of amides is 1. The topological polar surface area (TPSA) is 32.3 Å². The molecule has 1 unspecified atom stereocenters. The molecule has 1 amide bonds. The smallest absolute Gasteiger partial charge is 0.244 e. The van der Waals surface area contributed by atoms with Gasteiger partial charge in [0.1, 0.15) is 6.04 Å². The fourth-order valence-electron chi connectivity index (χ4n) is 1.52. The number of nitrogens with one attached hydrogen (secondary N) is 1. The molecule has 0 aliphatic heterocycles.